The number of hydrogen-bond donors (Lipinski definition) is 1. The van der Waals surface area contributed by atoms with Gasteiger partial charge in [0.1, 0.15) is 5.82 Å². The van der Waals surface area contributed by atoms with E-state index in [4.69, 9.17) is 4.74 Å². The van der Waals surface area contributed by atoms with Gasteiger partial charge < -0.3 is 10.1 Å². The van der Waals surface area contributed by atoms with Crippen molar-refractivity contribution in [2.24, 2.45) is 0 Å². The Balaban J connectivity index is 1.66. The summed E-state index contributed by atoms with van der Waals surface area (Å²) < 4.78 is 19.9. The van der Waals surface area contributed by atoms with Crippen LogP contribution in [0.4, 0.5) is 10.1 Å². The van der Waals surface area contributed by atoms with Crippen molar-refractivity contribution < 1.29 is 9.13 Å². The van der Waals surface area contributed by atoms with E-state index in [9.17, 15) is 4.39 Å². The van der Waals surface area contributed by atoms with Crippen LogP contribution in [-0.4, -0.2) is 18.2 Å². The quantitative estimate of drug-likeness (QED) is 0.827. The minimum Gasteiger partial charge on any atom is -0.382 e. The fourth-order valence-electron chi connectivity index (χ4n) is 3.52. The average molecular weight is 342 g/mol. The van der Waals surface area contributed by atoms with Crippen molar-refractivity contribution >= 4 is 21.6 Å². The van der Waals surface area contributed by atoms with Gasteiger partial charge in [0.25, 0.3) is 0 Å². The molecule has 1 atom stereocenters. The summed E-state index contributed by atoms with van der Waals surface area (Å²) in [6.45, 7) is 0.833. The monoisotopic (exact) mass is 341 g/mol. The molecule has 110 valence electrons. The molecule has 1 unspecified atom stereocenters. The molecular weight excluding hydrogens is 321 g/mol. The predicted octanol–water partition coefficient (Wildman–Crippen LogP) is 4.88. The maximum atomic E-state index is 13.3. The Morgan fingerprint density at radius 1 is 1.25 bits per heavy atom. The van der Waals surface area contributed by atoms with Crippen molar-refractivity contribution in [3.05, 3.63) is 28.5 Å². The maximum absolute atomic E-state index is 13.3. The van der Waals surface area contributed by atoms with E-state index in [1.165, 1.54) is 38.2 Å². The second kappa shape index (κ2) is 6.02. The van der Waals surface area contributed by atoms with Crippen LogP contribution in [0.3, 0.4) is 0 Å². The van der Waals surface area contributed by atoms with Crippen LogP contribution in [0, 0.1) is 5.82 Å². The Bertz CT molecular complexity index is 468. The van der Waals surface area contributed by atoms with Gasteiger partial charge in [0, 0.05) is 18.3 Å². The van der Waals surface area contributed by atoms with Crippen molar-refractivity contribution in [2.45, 2.75) is 56.6 Å². The fraction of sp³-hybridized carbons (Fsp3) is 0.625. The summed E-state index contributed by atoms with van der Waals surface area (Å²) in [5, 5.41) is 3.54. The third-order valence-electron chi connectivity index (χ3n) is 4.55. The van der Waals surface area contributed by atoms with Gasteiger partial charge in [-0.2, -0.15) is 0 Å². The molecule has 2 fully saturated rings. The van der Waals surface area contributed by atoms with Crippen molar-refractivity contribution in [3.8, 4) is 0 Å². The Labute approximate surface area is 128 Å². The highest BCUT2D eigenvalue weighted by Gasteiger charge is 2.38. The molecule has 0 aromatic heterocycles. The molecule has 0 amide bonds. The third-order valence-corrected chi connectivity index (χ3v) is 5.16. The zero-order chi connectivity index (χ0) is 14.0. The first-order valence-corrected chi connectivity index (χ1v) is 8.32. The first kappa shape index (κ1) is 14.3. The molecule has 3 rings (SSSR count). The standard InChI is InChI=1S/C16H21BrFNO/c17-14-10-12(4-5-15(14)18)19-13-6-9-20-16(11-13)7-2-1-3-8-16/h4-5,10,13,19H,1-3,6-9,11H2. The highest BCUT2D eigenvalue weighted by atomic mass is 79.9. The molecule has 1 spiro atoms. The van der Waals surface area contributed by atoms with Crippen LogP contribution in [0.5, 0.6) is 0 Å². The van der Waals surface area contributed by atoms with Crippen LogP contribution < -0.4 is 5.32 Å². The summed E-state index contributed by atoms with van der Waals surface area (Å²) >= 11 is 3.24. The summed E-state index contributed by atoms with van der Waals surface area (Å²) in [6.07, 6.45) is 8.40. The van der Waals surface area contributed by atoms with Gasteiger partial charge in [-0.15, -0.1) is 0 Å². The van der Waals surface area contributed by atoms with Crippen LogP contribution in [0.1, 0.15) is 44.9 Å². The number of halogens is 2. The molecule has 0 radical (unpaired) electrons. The zero-order valence-corrected chi connectivity index (χ0v) is 13.2. The topological polar surface area (TPSA) is 21.3 Å². The van der Waals surface area contributed by atoms with Crippen LogP contribution in [0.15, 0.2) is 22.7 Å². The van der Waals surface area contributed by atoms with Gasteiger partial charge in [-0.3, -0.25) is 0 Å². The largest absolute Gasteiger partial charge is 0.382 e. The second-order valence-electron chi connectivity index (χ2n) is 6.06. The molecule has 2 aliphatic rings. The van der Waals surface area contributed by atoms with Crippen molar-refractivity contribution in [1.29, 1.82) is 0 Å². The fourth-order valence-corrected chi connectivity index (χ4v) is 3.90. The van der Waals surface area contributed by atoms with Gasteiger partial charge in [-0.1, -0.05) is 19.3 Å². The van der Waals surface area contributed by atoms with E-state index < -0.39 is 0 Å². The predicted molar refractivity (Wildman–Crippen MR) is 82.5 cm³/mol. The zero-order valence-electron chi connectivity index (χ0n) is 11.6. The highest BCUT2D eigenvalue weighted by Crippen LogP contribution is 2.39. The lowest BCUT2D eigenvalue weighted by Gasteiger charge is -2.44. The van der Waals surface area contributed by atoms with Crippen molar-refractivity contribution in [1.82, 2.24) is 0 Å². The summed E-state index contributed by atoms with van der Waals surface area (Å²) in [5.41, 5.74) is 1.09. The molecule has 1 aromatic rings. The van der Waals surface area contributed by atoms with Crippen LogP contribution in [-0.2, 0) is 4.74 Å². The van der Waals surface area contributed by atoms with Crippen molar-refractivity contribution in [2.75, 3.05) is 11.9 Å². The number of nitrogens with one attached hydrogen (secondary N) is 1. The summed E-state index contributed by atoms with van der Waals surface area (Å²) in [4.78, 5) is 0. The maximum Gasteiger partial charge on any atom is 0.137 e. The van der Waals surface area contributed by atoms with Crippen LogP contribution in [0.25, 0.3) is 0 Å². The number of rotatable bonds is 2. The highest BCUT2D eigenvalue weighted by molar-refractivity contribution is 9.10. The lowest BCUT2D eigenvalue weighted by molar-refractivity contribution is -0.103. The number of benzene rings is 1. The lowest BCUT2D eigenvalue weighted by Crippen LogP contribution is -2.45. The van der Waals surface area contributed by atoms with E-state index in [2.05, 4.69) is 21.2 Å². The van der Waals surface area contributed by atoms with E-state index in [0.29, 0.717) is 10.5 Å². The van der Waals surface area contributed by atoms with E-state index in [1.807, 2.05) is 12.1 Å². The lowest BCUT2D eigenvalue weighted by atomic mass is 9.78. The molecule has 2 nitrogen and oxygen atoms in total. The summed E-state index contributed by atoms with van der Waals surface area (Å²) in [7, 11) is 0. The van der Waals surface area contributed by atoms with Gasteiger partial charge in [-0.05, 0) is 59.8 Å². The van der Waals surface area contributed by atoms with Gasteiger partial charge in [0.2, 0.25) is 0 Å². The molecule has 0 bridgehead atoms. The molecular formula is C16H21BrFNO. The molecule has 1 saturated heterocycles. The Hall–Kier alpha value is -0.610. The first-order valence-electron chi connectivity index (χ1n) is 7.52. The van der Waals surface area contributed by atoms with Gasteiger partial charge in [0.05, 0.1) is 10.1 Å². The van der Waals surface area contributed by atoms with Gasteiger partial charge in [-0.25, -0.2) is 4.39 Å². The minimum atomic E-state index is -0.216. The number of ether oxygens (including phenoxy) is 1. The Morgan fingerprint density at radius 3 is 2.80 bits per heavy atom. The molecule has 1 saturated carbocycles. The SMILES string of the molecule is Fc1ccc(NC2CCOC3(CCCCC3)C2)cc1Br. The molecule has 1 heterocycles. The molecule has 1 aromatic carbocycles. The van der Waals surface area contributed by atoms with Crippen LogP contribution in [0.2, 0.25) is 0 Å². The minimum absolute atomic E-state index is 0.103. The summed E-state index contributed by atoms with van der Waals surface area (Å²) in [6, 6.07) is 5.56. The molecule has 1 aliphatic carbocycles. The second-order valence-corrected chi connectivity index (χ2v) is 6.91. The van der Waals surface area contributed by atoms with E-state index in [-0.39, 0.29) is 11.4 Å². The average Bonchev–Trinajstić information content (AvgIpc) is 2.44. The van der Waals surface area contributed by atoms with Crippen LogP contribution >= 0.6 is 15.9 Å². The molecule has 20 heavy (non-hydrogen) atoms. The van der Waals surface area contributed by atoms with Gasteiger partial charge >= 0.3 is 0 Å². The molecule has 4 heteroatoms. The molecule has 1 aliphatic heterocycles. The third kappa shape index (κ3) is 3.17. The van der Waals surface area contributed by atoms with E-state index >= 15 is 0 Å². The van der Waals surface area contributed by atoms with Crippen molar-refractivity contribution in [3.63, 3.8) is 0 Å². The Morgan fingerprint density at radius 2 is 2.05 bits per heavy atom. The number of anilines is 1. The molecule has 1 N–H and O–H groups in total. The van der Waals surface area contributed by atoms with Gasteiger partial charge in [0.15, 0.2) is 0 Å². The van der Waals surface area contributed by atoms with E-state index in [0.717, 1.165) is 25.1 Å². The normalized spacial score (nSPS) is 25.6. The number of hydrogen-bond acceptors (Lipinski definition) is 2. The smallest absolute Gasteiger partial charge is 0.137 e. The summed E-state index contributed by atoms with van der Waals surface area (Å²) in [5.74, 6) is -0.216. The Kier molecular flexibility index (Phi) is 4.32. The first-order chi connectivity index (χ1) is 9.67. The van der Waals surface area contributed by atoms with E-state index in [1.54, 1.807) is 0 Å².